The molecule has 11 nitrogen and oxygen atoms in total. The number of anilines is 1. The highest BCUT2D eigenvalue weighted by molar-refractivity contribution is 5.95. The fourth-order valence-electron chi connectivity index (χ4n) is 3.55. The number of hydrogen-bond acceptors (Lipinski definition) is 7. The maximum Gasteiger partial charge on any atom is 0.312 e. The topological polar surface area (TPSA) is 163 Å². The third kappa shape index (κ3) is 10.6. The Hall–Kier alpha value is -3.99. The number of primary amides is 1. The van der Waals surface area contributed by atoms with Crippen molar-refractivity contribution in [1.29, 1.82) is 0 Å². The maximum absolute atomic E-state index is 13.0. The van der Waals surface area contributed by atoms with Crippen molar-refractivity contribution in [3.05, 3.63) is 64.2 Å². The van der Waals surface area contributed by atoms with E-state index in [1.54, 1.807) is 24.3 Å². The molecule has 0 saturated carbocycles. The van der Waals surface area contributed by atoms with E-state index in [2.05, 4.69) is 10.6 Å². The number of nitro groups is 1. The lowest BCUT2D eigenvalue weighted by atomic mass is 9.86. The van der Waals surface area contributed by atoms with Gasteiger partial charge in [-0.2, -0.15) is 0 Å². The first-order valence-electron chi connectivity index (χ1n) is 12.5. The molecule has 0 unspecified atom stereocenters. The van der Waals surface area contributed by atoms with Crippen LogP contribution in [0.3, 0.4) is 0 Å². The van der Waals surface area contributed by atoms with Crippen LogP contribution in [0.15, 0.2) is 48.5 Å². The van der Waals surface area contributed by atoms with Crippen LogP contribution in [0.2, 0.25) is 0 Å². The number of carbonyl (C=O) groups is 3. The quantitative estimate of drug-likeness (QED) is 0.126. The fourth-order valence-corrected chi connectivity index (χ4v) is 3.55. The smallest absolute Gasteiger partial charge is 0.312 e. The summed E-state index contributed by atoms with van der Waals surface area (Å²) < 4.78 is 10.9. The van der Waals surface area contributed by atoms with Crippen LogP contribution in [0.25, 0.3) is 0 Å². The Labute approximate surface area is 222 Å². The standard InChI is InChI=1S/C27H36N4O7/c1-18(2)19(3)25(32)15-21(5-4-14-29-27(28)34)26(33)30-22-8-6-20(7-9-22)16-37-17-38-24-12-10-23(11-13-24)31(35)36/h6-13,18-19,21H,4-5,14-17H2,1-3H3,(H,30,33)(H3,28,29,34)/t19-,21+/m0/s1. The third-order valence-corrected chi connectivity index (χ3v) is 6.20. The van der Waals surface area contributed by atoms with Gasteiger partial charge in [0.05, 0.1) is 11.5 Å². The summed E-state index contributed by atoms with van der Waals surface area (Å²) in [6, 6.07) is 12.2. The fraction of sp³-hybridized carbons (Fsp3) is 0.444. The van der Waals surface area contributed by atoms with E-state index in [-0.39, 0.29) is 49.0 Å². The number of benzene rings is 2. The van der Waals surface area contributed by atoms with Gasteiger partial charge in [-0.1, -0.05) is 32.9 Å². The highest BCUT2D eigenvalue weighted by atomic mass is 16.7. The highest BCUT2D eigenvalue weighted by Crippen LogP contribution is 2.22. The lowest BCUT2D eigenvalue weighted by molar-refractivity contribution is -0.384. The first kappa shape index (κ1) is 30.2. The average molecular weight is 529 g/mol. The summed E-state index contributed by atoms with van der Waals surface area (Å²) in [5.41, 5.74) is 6.52. The second-order valence-electron chi connectivity index (χ2n) is 9.38. The number of rotatable bonds is 16. The second kappa shape index (κ2) is 15.3. The van der Waals surface area contributed by atoms with Gasteiger partial charge in [0, 0.05) is 42.6 Å². The number of Topliss-reactive ketones (excluding diaryl/α,β-unsaturated/α-hetero) is 1. The van der Waals surface area contributed by atoms with E-state index in [1.807, 2.05) is 20.8 Å². The zero-order valence-electron chi connectivity index (χ0n) is 22.0. The molecular weight excluding hydrogens is 492 g/mol. The molecule has 0 aliphatic rings. The van der Waals surface area contributed by atoms with Crippen LogP contribution >= 0.6 is 0 Å². The summed E-state index contributed by atoms with van der Waals surface area (Å²) in [4.78, 5) is 46.8. The van der Waals surface area contributed by atoms with Crippen molar-refractivity contribution in [2.24, 2.45) is 23.5 Å². The van der Waals surface area contributed by atoms with Crippen molar-refractivity contribution in [1.82, 2.24) is 5.32 Å². The SMILES string of the molecule is CC(C)[C@H](C)C(=O)C[C@@H](CCCNC(N)=O)C(=O)Nc1ccc(COCOc2ccc([N+](=O)[O-])cc2)cc1. The van der Waals surface area contributed by atoms with Gasteiger partial charge in [0.25, 0.3) is 5.69 Å². The summed E-state index contributed by atoms with van der Waals surface area (Å²) in [6.45, 7) is 6.37. The number of carbonyl (C=O) groups excluding carboxylic acids is 3. The second-order valence-corrected chi connectivity index (χ2v) is 9.38. The summed E-state index contributed by atoms with van der Waals surface area (Å²) >= 11 is 0. The van der Waals surface area contributed by atoms with Crippen molar-refractivity contribution in [3.8, 4) is 5.75 Å². The Bertz CT molecular complexity index is 1070. The number of nitrogens with two attached hydrogens (primary N) is 1. The minimum Gasteiger partial charge on any atom is -0.468 e. The first-order chi connectivity index (χ1) is 18.1. The number of ketones is 1. The predicted octanol–water partition coefficient (Wildman–Crippen LogP) is 4.40. The van der Waals surface area contributed by atoms with Gasteiger partial charge in [0.15, 0.2) is 6.79 Å². The highest BCUT2D eigenvalue weighted by Gasteiger charge is 2.26. The number of nitro benzene ring substituents is 1. The molecule has 2 aromatic carbocycles. The zero-order chi connectivity index (χ0) is 28.1. The van der Waals surface area contributed by atoms with Gasteiger partial charge in [0.2, 0.25) is 5.91 Å². The lowest BCUT2D eigenvalue weighted by Gasteiger charge is -2.20. The van der Waals surface area contributed by atoms with E-state index in [1.165, 1.54) is 24.3 Å². The van der Waals surface area contributed by atoms with E-state index in [0.717, 1.165) is 5.56 Å². The Balaban J connectivity index is 1.86. The largest absolute Gasteiger partial charge is 0.468 e. The summed E-state index contributed by atoms with van der Waals surface area (Å²) in [5.74, 6) is -0.275. The van der Waals surface area contributed by atoms with Crippen LogP contribution in [0.5, 0.6) is 5.75 Å². The van der Waals surface area contributed by atoms with Crippen molar-refractivity contribution in [3.63, 3.8) is 0 Å². The summed E-state index contributed by atoms with van der Waals surface area (Å²) in [6.07, 6.45) is 1.08. The Morgan fingerprint density at radius 3 is 2.26 bits per heavy atom. The molecule has 2 atom stereocenters. The molecule has 0 bridgehead atoms. The van der Waals surface area contributed by atoms with Crippen molar-refractivity contribution in [2.75, 3.05) is 18.7 Å². The molecular formula is C27H36N4O7. The van der Waals surface area contributed by atoms with Crippen LogP contribution < -0.4 is 21.1 Å². The minimum atomic E-state index is -0.627. The number of nitrogens with one attached hydrogen (secondary N) is 2. The van der Waals surface area contributed by atoms with Gasteiger partial charge in [-0.25, -0.2) is 4.79 Å². The molecule has 0 aromatic heterocycles. The third-order valence-electron chi connectivity index (χ3n) is 6.20. The number of hydrogen-bond donors (Lipinski definition) is 3. The molecule has 0 fully saturated rings. The van der Waals surface area contributed by atoms with E-state index in [9.17, 15) is 24.5 Å². The molecule has 2 rings (SSSR count). The molecule has 0 aliphatic carbocycles. The van der Waals surface area contributed by atoms with Crippen LogP contribution in [0.1, 0.15) is 45.6 Å². The van der Waals surface area contributed by atoms with Crippen LogP contribution in [0, 0.1) is 27.9 Å². The Morgan fingerprint density at radius 2 is 1.68 bits per heavy atom. The lowest BCUT2D eigenvalue weighted by Crippen LogP contribution is -2.32. The summed E-state index contributed by atoms with van der Waals surface area (Å²) in [5, 5.41) is 16.1. The molecule has 2 aromatic rings. The minimum absolute atomic E-state index is 0.0198. The Morgan fingerprint density at radius 1 is 1.03 bits per heavy atom. The molecule has 3 amide bonds. The molecule has 206 valence electrons. The van der Waals surface area contributed by atoms with E-state index in [4.69, 9.17) is 15.2 Å². The van der Waals surface area contributed by atoms with Gasteiger partial charge < -0.3 is 25.8 Å². The van der Waals surface area contributed by atoms with E-state index >= 15 is 0 Å². The Kier molecular flexibility index (Phi) is 12.2. The molecule has 0 radical (unpaired) electrons. The zero-order valence-corrected chi connectivity index (χ0v) is 22.0. The summed E-state index contributed by atoms with van der Waals surface area (Å²) in [7, 11) is 0. The van der Waals surface area contributed by atoms with Gasteiger partial charge in [0.1, 0.15) is 11.5 Å². The number of non-ortho nitro benzene ring substituents is 1. The van der Waals surface area contributed by atoms with Crippen molar-refractivity contribution < 1.29 is 28.8 Å². The molecule has 0 saturated heterocycles. The molecule has 4 N–H and O–H groups in total. The van der Waals surface area contributed by atoms with Gasteiger partial charge >= 0.3 is 6.03 Å². The molecule has 11 heteroatoms. The number of nitrogens with zero attached hydrogens (tertiary/aromatic N) is 1. The maximum atomic E-state index is 13.0. The molecule has 0 spiro atoms. The van der Waals surface area contributed by atoms with Crippen molar-refractivity contribution >= 4 is 29.1 Å². The van der Waals surface area contributed by atoms with Gasteiger partial charge in [-0.3, -0.25) is 19.7 Å². The van der Waals surface area contributed by atoms with Crippen LogP contribution in [-0.2, 0) is 20.9 Å². The average Bonchev–Trinajstić information content (AvgIpc) is 2.88. The van der Waals surface area contributed by atoms with Gasteiger partial charge in [-0.15, -0.1) is 0 Å². The van der Waals surface area contributed by atoms with Crippen molar-refractivity contribution in [2.45, 2.75) is 46.6 Å². The van der Waals surface area contributed by atoms with Crippen LogP contribution in [-0.4, -0.2) is 36.0 Å². The van der Waals surface area contributed by atoms with Crippen LogP contribution in [0.4, 0.5) is 16.2 Å². The molecule has 0 aliphatic heterocycles. The normalized spacial score (nSPS) is 12.4. The van der Waals surface area contributed by atoms with E-state index < -0.39 is 16.9 Å². The number of ether oxygens (including phenoxy) is 2. The molecule has 38 heavy (non-hydrogen) atoms. The van der Waals surface area contributed by atoms with Gasteiger partial charge in [-0.05, 0) is 48.6 Å². The predicted molar refractivity (Wildman–Crippen MR) is 142 cm³/mol. The number of urea groups is 1. The molecule has 0 heterocycles. The monoisotopic (exact) mass is 528 g/mol. The number of amides is 3. The first-order valence-corrected chi connectivity index (χ1v) is 12.5. The van der Waals surface area contributed by atoms with E-state index in [0.29, 0.717) is 30.8 Å².